The van der Waals surface area contributed by atoms with Crippen LogP contribution in [0.3, 0.4) is 0 Å². The number of hydrogen-bond donors (Lipinski definition) is 2. The minimum absolute atomic E-state index is 0.370. The second-order valence-electron chi connectivity index (χ2n) is 5.12. The van der Waals surface area contributed by atoms with E-state index in [9.17, 15) is 0 Å². The molecule has 0 saturated heterocycles. The van der Waals surface area contributed by atoms with Crippen LogP contribution in [0.1, 0.15) is 5.56 Å². The lowest BCUT2D eigenvalue weighted by Crippen LogP contribution is -2.34. The Labute approximate surface area is 156 Å². The van der Waals surface area contributed by atoms with Gasteiger partial charge in [0.1, 0.15) is 12.4 Å². The smallest absolute Gasteiger partial charge is 0.189 e. The van der Waals surface area contributed by atoms with Crippen molar-refractivity contribution in [1.82, 2.24) is 5.32 Å². The third-order valence-electron chi connectivity index (χ3n) is 3.37. The first kappa shape index (κ1) is 18.9. The van der Waals surface area contributed by atoms with Crippen molar-refractivity contribution >= 4 is 21.9 Å². The summed E-state index contributed by atoms with van der Waals surface area (Å²) in [5.41, 5.74) is 6.85. The molecule has 0 aliphatic heterocycles. The highest BCUT2D eigenvalue weighted by molar-refractivity contribution is 9.10. The molecule has 134 valence electrons. The maximum Gasteiger partial charge on any atom is 0.189 e. The Kier molecular flexibility index (Phi) is 7.40. The minimum Gasteiger partial charge on any atom is -0.493 e. The molecule has 2 rings (SSSR count). The molecule has 2 aromatic carbocycles. The van der Waals surface area contributed by atoms with Crippen molar-refractivity contribution in [1.29, 1.82) is 0 Å². The van der Waals surface area contributed by atoms with E-state index < -0.39 is 0 Å². The Bertz CT molecular complexity index is 705. The molecule has 0 spiro atoms. The van der Waals surface area contributed by atoms with Crippen molar-refractivity contribution in [3.63, 3.8) is 0 Å². The fourth-order valence-corrected chi connectivity index (χ4v) is 2.35. The average molecular weight is 408 g/mol. The fraction of sp³-hybridized carbons (Fsp3) is 0.278. The largest absolute Gasteiger partial charge is 0.493 e. The highest BCUT2D eigenvalue weighted by atomic mass is 79.9. The van der Waals surface area contributed by atoms with Crippen LogP contribution >= 0.6 is 15.9 Å². The van der Waals surface area contributed by atoms with Gasteiger partial charge in [-0.05, 0) is 42.0 Å². The van der Waals surface area contributed by atoms with Crippen molar-refractivity contribution in [2.24, 2.45) is 10.7 Å². The number of halogens is 1. The van der Waals surface area contributed by atoms with E-state index in [4.69, 9.17) is 19.9 Å². The summed E-state index contributed by atoms with van der Waals surface area (Å²) in [5, 5.41) is 3.02. The number of methoxy groups -OCH3 is 2. The van der Waals surface area contributed by atoms with E-state index in [2.05, 4.69) is 26.2 Å². The number of benzene rings is 2. The number of nitrogens with zero attached hydrogens (tertiary/aromatic N) is 1. The van der Waals surface area contributed by atoms with Crippen LogP contribution < -0.4 is 25.3 Å². The number of ether oxygens (including phenoxy) is 3. The lowest BCUT2D eigenvalue weighted by atomic mass is 10.2. The van der Waals surface area contributed by atoms with Crippen LogP contribution in [0.5, 0.6) is 17.2 Å². The Morgan fingerprint density at radius 2 is 1.80 bits per heavy atom. The van der Waals surface area contributed by atoms with E-state index in [1.54, 1.807) is 14.2 Å². The topological polar surface area (TPSA) is 78.1 Å². The van der Waals surface area contributed by atoms with Crippen LogP contribution in [0.2, 0.25) is 0 Å². The first-order chi connectivity index (χ1) is 12.1. The van der Waals surface area contributed by atoms with Crippen LogP contribution in [0.15, 0.2) is 51.9 Å². The molecule has 0 aliphatic rings. The molecular weight excluding hydrogens is 386 g/mol. The predicted octanol–water partition coefficient (Wildman–Crippen LogP) is 2.95. The summed E-state index contributed by atoms with van der Waals surface area (Å²) in [5.74, 6) is 2.54. The molecule has 6 nitrogen and oxygen atoms in total. The van der Waals surface area contributed by atoms with Crippen molar-refractivity contribution < 1.29 is 14.2 Å². The summed E-state index contributed by atoms with van der Waals surface area (Å²) in [7, 11) is 3.21. The Hall–Kier alpha value is -2.41. The van der Waals surface area contributed by atoms with Crippen molar-refractivity contribution in [2.45, 2.75) is 6.54 Å². The number of aliphatic imine (C=N–C) groups is 1. The standard InChI is InChI=1S/C18H22BrN3O3/c1-23-16-8-3-13(11-17(16)24-2)12-22-18(20)21-9-10-25-15-6-4-14(19)5-7-15/h3-8,11H,9-10,12H2,1-2H3,(H3,20,21,22). The van der Waals surface area contributed by atoms with E-state index in [1.165, 1.54) is 0 Å². The number of guanidine groups is 1. The van der Waals surface area contributed by atoms with E-state index >= 15 is 0 Å². The Morgan fingerprint density at radius 3 is 2.48 bits per heavy atom. The van der Waals surface area contributed by atoms with E-state index in [1.807, 2.05) is 42.5 Å². The van der Waals surface area contributed by atoms with Gasteiger partial charge in [0.05, 0.1) is 27.3 Å². The number of hydrogen-bond acceptors (Lipinski definition) is 4. The van der Waals surface area contributed by atoms with Crippen LogP contribution in [0.25, 0.3) is 0 Å². The Balaban J connectivity index is 1.76. The van der Waals surface area contributed by atoms with E-state index in [0.29, 0.717) is 37.2 Å². The second kappa shape index (κ2) is 9.78. The first-order valence-electron chi connectivity index (χ1n) is 7.75. The molecule has 0 aromatic heterocycles. The number of nitrogens with one attached hydrogen (secondary N) is 1. The second-order valence-corrected chi connectivity index (χ2v) is 6.04. The first-order valence-corrected chi connectivity index (χ1v) is 8.54. The van der Waals surface area contributed by atoms with E-state index in [-0.39, 0.29) is 0 Å². The normalized spacial score (nSPS) is 11.1. The molecule has 0 amide bonds. The van der Waals surface area contributed by atoms with Gasteiger partial charge in [0, 0.05) is 4.47 Å². The van der Waals surface area contributed by atoms with Gasteiger partial charge in [0.15, 0.2) is 17.5 Å². The van der Waals surface area contributed by atoms with Gasteiger partial charge >= 0.3 is 0 Å². The number of nitrogens with two attached hydrogens (primary N) is 1. The van der Waals surface area contributed by atoms with Crippen LogP contribution in [-0.4, -0.2) is 33.3 Å². The van der Waals surface area contributed by atoms with Crippen molar-refractivity contribution in [2.75, 3.05) is 27.4 Å². The molecule has 0 unspecified atom stereocenters. The summed E-state index contributed by atoms with van der Waals surface area (Å²) < 4.78 is 17.1. The highest BCUT2D eigenvalue weighted by Crippen LogP contribution is 2.27. The molecule has 3 N–H and O–H groups in total. The predicted molar refractivity (Wildman–Crippen MR) is 103 cm³/mol. The molecular formula is C18H22BrN3O3. The lowest BCUT2D eigenvalue weighted by Gasteiger charge is -2.10. The molecule has 7 heteroatoms. The summed E-state index contributed by atoms with van der Waals surface area (Å²) in [6.07, 6.45) is 0. The van der Waals surface area contributed by atoms with Gasteiger partial charge in [0.2, 0.25) is 0 Å². The maximum atomic E-state index is 5.87. The molecule has 0 aliphatic carbocycles. The summed E-state index contributed by atoms with van der Waals surface area (Å²) in [6, 6.07) is 13.3. The third kappa shape index (κ3) is 6.19. The van der Waals surface area contributed by atoms with Gasteiger partial charge in [-0.1, -0.05) is 22.0 Å². The zero-order chi connectivity index (χ0) is 18.1. The molecule has 0 bridgehead atoms. The number of rotatable bonds is 8. The van der Waals surface area contributed by atoms with Gasteiger partial charge in [-0.3, -0.25) is 0 Å². The van der Waals surface area contributed by atoms with Crippen LogP contribution in [-0.2, 0) is 6.54 Å². The molecule has 0 saturated carbocycles. The highest BCUT2D eigenvalue weighted by Gasteiger charge is 2.04. The summed E-state index contributed by atoms with van der Waals surface area (Å²) in [6.45, 7) is 1.51. The van der Waals surface area contributed by atoms with Crippen LogP contribution in [0, 0.1) is 0 Å². The molecule has 0 radical (unpaired) electrons. The molecule has 0 atom stereocenters. The van der Waals surface area contributed by atoms with Gasteiger partial charge in [-0.15, -0.1) is 0 Å². The summed E-state index contributed by atoms with van der Waals surface area (Å²) >= 11 is 3.38. The van der Waals surface area contributed by atoms with Crippen molar-refractivity contribution in [3.05, 3.63) is 52.5 Å². The Morgan fingerprint density at radius 1 is 1.08 bits per heavy atom. The lowest BCUT2D eigenvalue weighted by molar-refractivity contribution is 0.322. The van der Waals surface area contributed by atoms with Crippen molar-refractivity contribution in [3.8, 4) is 17.2 Å². The fourth-order valence-electron chi connectivity index (χ4n) is 2.09. The van der Waals surface area contributed by atoms with Crippen LogP contribution in [0.4, 0.5) is 0 Å². The van der Waals surface area contributed by atoms with Gasteiger partial charge in [-0.2, -0.15) is 0 Å². The summed E-state index contributed by atoms with van der Waals surface area (Å²) in [4.78, 5) is 4.31. The van der Waals surface area contributed by atoms with Gasteiger partial charge in [-0.25, -0.2) is 4.99 Å². The quantitative estimate of drug-likeness (QED) is 0.399. The average Bonchev–Trinajstić information content (AvgIpc) is 2.64. The van der Waals surface area contributed by atoms with Gasteiger partial charge < -0.3 is 25.3 Å². The molecule has 25 heavy (non-hydrogen) atoms. The monoisotopic (exact) mass is 407 g/mol. The van der Waals surface area contributed by atoms with E-state index in [0.717, 1.165) is 15.8 Å². The molecule has 0 heterocycles. The zero-order valence-electron chi connectivity index (χ0n) is 14.3. The molecule has 0 fully saturated rings. The molecule has 2 aromatic rings. The zero-order valence-corrected chi connectivity index (χ0v) is 15.9. The van der Waals surface area contributed by atoms with Gasteiger partial charge in [0.25, 0.3) is 0 Å². The third-order valence-corrected chi connectivity index (χ3v) is 3.90. The maximum absolute atomic E-state index is 5.87. The minimum atomic E-state index is 0.370. The SMILES string of the molecule is COc1ccc(CN=C(N)NCCOc2ccc(Br)cc2)cc1OC.